The second-order valence-electron chi connectivity index (χ2n) is 4.70. The second-order valence-corrected chi connectivity index (χ2v) is 4.70. The van der Waals surface area contributed by atoms with E-state index in [9.17, 15) is 4.79 Å². The van der Waals surface area contributed by atoms with Gasteiger partial charge in [0.2, 0.25) is 0 Å². The minimum Gasteiger partial charge on any atom is -0.294 e. The molecule has 0 N–H and O–H groups in total. The van der Waals surface area contributed by atoms with Crippen molar-refractivity contribution < 1.29 is 4.79 Å². The molecule has 0 radical (unpaired) electrons. The summed E-state index contributed by atoms with van der Waals surface area (Å²) in [5, 5.41) is 0. The van der Waals surface area contributed by atoms with Gasteiger partial charge in [-0.25, -0.2) is 0 Å². The van der Waals surface area contributed by atoms with Crippen LogP contribution in [0, 0.1) is 11.8 Å². The lowest BCUT2D eigenvalue weighted by atomic mass is 9.79. The van der Waals surface area contributed by atoms with Crippen LogP contribution in [0.4, 0.5) is 0 Å². The summed E-state index contributed by atoms with van der Waals surface area (Å²) in [6, 6.07) is 9.71. The Bertz CT molecular complexity index is 328. The summed E-state index contributed by atoms with van der Waals surface area (Å²) in [6.07, 6.45) is 4.66. The molecule has 2 unspecified atom stereocenters. The van der Waals surface area contributed by atoms with Gasteiger partial charge in [0.25, 0.3) is 0 Å². The smallest absolute Gasteiger partial charge is 0.165 e. The molecule has 1 aromatic rings. The van der Waals surface area contributed by atoms with Crippen molar-refractivity contribution in [2.75, 3.05) is 0 Å². The highest BCUT2D eigenvalue weighted by molar-refractivity contribution is 5.97. The Kier molecular flexibility index (Phi) is 3.20. The summed E-state index contributed by atoms with van der Waals surface area (Å²) in [6.45, 7) is 2.25. The minimum absolute atomic E-state index is 0.274. The number of rotatable bonds is 2. The Morgan fingerprint density at radius 3 is 2.60 bits per heavy atom. The number of carbonyl (C=O) groups excluding carboxylic acids is 1. The maximum Gasteiger partial charge on any atom is 0.165 e. The summed E-state index contributed by atoms with van der Waals surface area (Å²) < 4.78 is 0. The molecule has 0 saturated heterocycles. The Hall–Kier alpha value is -1.11. The number of hydrogen-bond donors (Lipinski definition) is 0. The average molecular weight is 202 g/mol. The standard InChI is InChI=1S/C14H18O/c1-11-6-5-9-13(10-11)14(15)12-7-3-2-4-8-12/h2-4,7-8,11,13H,5-6,9-10H2,1H3. The topological polar surface area (TPSA) is 17.1 Å². The zero-order valence-electron chi connectivity index (χ0n) is 9.28. The van der Waals surface area contributed by atoms with Crippen molar-refractivity contribution in [1.82, 2.24) is 0 Å². The number of ketones is 1. The van der Waals surface area contributed by atoms with Crippen LogP contribution in [-0.4, -0.2) is 5.78 Å². The molecule has 2 atom stereocenters. The quantitative estimate of drug-likeness (QED) is 0.668. The number of Topliss-reactive ketones (excluding diaryl/α,β-unsaturated/α-hetero) is 1. The van der Waals surface area contributed by atoms with E-state index >= 15 is 0 Å². The Morgan fingerprint density at radius 1 is 1.20 bits per heavy atom. The van der Waals surface area contributed by atoms with Crippen molar-refractivity contribution in [1.29, 1.82) is 0 Å². The van der Waals surface area contributed by atoms with Crippen LogP contribution in [0.1, 0.15) is 43.0 Å². The third-order valence-corrected chi connectivity index (χ3v) is 3.37. The molecule has 0 aliphatic heterocycles. The second kappa shape index (κ2) is 4.61. The molecule has 1 saturated carbocycles. The molecule has 0 aromatic heterocycles. The summed E-state index contributed by atoms with van der Waals surface area (Å²) >= 11 is 0. The fraction of sp³-hybridized carbons (Fsp3) is 0.500. The number of carbonyl (C=O) groups is 1. The molecule has 15 heavy (non-hydrogen) atoms. The molecule has 1 aromatic carbocycles. The highest BCUT2D eigenvalue weighted by Crippen LogP contribution is 2.30. The van der Waals surface area contributed by atoms with Crippen LogP contribution in [0.15, 0.2) is 30.3 Å². The van der Waals surface area contributed by atoms with Gasteiger partial charge in [-0.1, -0.05) is 50.1 Å². The van der Waals surface area contributed by atoms with Crippen molar-refractivity contribution in [2.45, 2.75) is 32.6 Å². The third-order valence-electron chi connectivity index (χ3n) is 3.37. The van der Waals surface area contributed by atoms with Crippen LogP contribution < -0.4 is 0 Å². The predicted molar refractivity (Wildman–Crippen MR) is 61.9 cm³/mol. The van der Waals surface area contributed by atoms with E-state index in [0.29, 0.717) is 5.78 Å². The van der Waals surface area contributed by atoms with E-state index in [1.54, 1.807) is 0 Å². The molecule has 1 fully saturated rings. The number of hydrogen-bond acceptors (Lipinski definition) is 1. The molecule has 2 rings (SSSR count). The highest BCUT2D eigenvalue weighted by atomic mass is 16.1. The number of benzene rings is 1. The highest BCUT2D eigenvalue weighted by Gasteiger charge is 2.25. The lowest BCUT2D eigenvalue weighted by Gasteiger charge is -2.25. The molecule has 1 aliphatic carbocycles. The van der Waals surface area contributed by atoms with Gasteiger partial charge in [-0.15, -0.1) is 0 Å². The van der Waals surface area contributed by atoms with Crippen molar-refractivity contribution in [3.8, 4) is 0 Å². The minimum atomic E-state index is 0.274. The molecule has 0 spiro atoms. The van der Waals surface area contributed by atoms with Crippen LogP contribution in [0.5, 0.6) is 0 Å². The van der Waals surface area contributed by atoms with Crippen LogP contribution in [-0.2, 0) is 0 Å². The van der Waals surface area contributed by atoms with Crippen molar-refractivity contribution in [3.05, 3.63) is 35.9 Å². The zero-order valence-corrected chi connectivity index (χ0v) is 9.28. The molecular weight excluding hydrogens is 184 g/mol. The molecule has 1 nitrogen and oxygen atoms in total. The zero-order chi connectivity index (χ0) is 10.7. The maximum atomic E-state index is 12.1. The van der Waals surface area contributed by atoms with Crippen molar-refractivity contribution in [3.63, 3.8) is 0 Å². The van der Waals surface area contributed by atoms with Crippen LogP contribution in [0.25, 0.3) is 0 Å². The molecule has 0 heterocycles. The third kappa shape index (κ3) is 2.47. The van der Waals surface area contributed by atoms with E-state index in [1.807, 2.05) is 30.3 Å². The van der Waals surface area contributed by atoms with E-state index in [-0.39, 0.29) is 5.92 Å². The molecule has 1 aliphatic rings. The molecule has 80 valence electrons. The first kappa shape index (κ1) is 10.4. The fourth-order valence-corrected chi connectivity index (χ4v) is 2.51. The fourth-order valence-electron chi connectivity index (χ4n) is 2.51. The Labute approximate surface area is 91.5 Å². The Balaban J connectivity index is 2.08. The van der Waals surface area contributed by atoms with Gasteiger partial charge in [0.05, 0.1) is 0 Å². The van der Waals surface area contributed by atoms with Gasteiger partial charge in [-0.05, 0) is 18.8 Å². The van der Waals surface area contributed by atoms with Crippen LogP contribution >= 0.6 is 0 Å². The first-order valence-corrected chi connectivity index (χ1v) is 5.86. The maximum absolute atomic E-state index is 12.1. The van der Waals surface area contributed by atoms with E-state index in [0.717, 1.165) is 24.3 Å². The van der Waals surface area contributed by atoms with Crippen molar-refractivity contribution in [2.24, 2.45) is 11.8 Å². The Morgan fingerprint density at radius 2 is 1.93 bits per heavy atom. The monoisotopic (exact) mass is 202 g/mol. The summed E-state index contributed by atoms with van der Waals surface area (Å²) in [4.78, 5) is 12.1. The predicted octanol–water partition coefficient (Wildman–Crippen LogP) is 3.70. The van der Waals surface area contributed by atoms with Gasteiger partial charge in [-0.3, -0.25) is 4.79 Å². The van der Waals surface area contributed by atoms with Gasteiger partial charge >= 0.3 is 0 Å². The van der Waals surface area contributed by atoms with E-state index < -0.39 is 0 Å². The first-order chi connectivity index (χ1) is 7.27. The molecule has 0 amide bonds. The normalized spacial score (nSPS) is 26.2. The average Bonchev–Trinajstić information content (AvgIpc) is 2.29. The summed E-state index contributed by atoms with van der Waals surface area (Å²) in [5.41, 5.74) is 0.886. The first-order valence-electron chi connectivity index (χ1n) is 5.86. The van der Waals surface area contributed by atoms with Gasteiger partial charge in [0.15, 0.2) is 5.78 Å². The lowest BCUT2D eigenvalue weighted by Crippen LogP contribution is -2.21. The summed E-state index contributed by atoms with van der Waals surface area (Å²) in [5.74, 6) is 1.34. The van der Waals surface area contributed by atoms with Gasteiger partial charge in [0, 0.05) is 11.5 Å². The van der Waals surface area contributed by atoms with Gasteiger partial charge in [-0.2, -0.15) is 0 Å². The SMILES string of the molecule is CC1CCCC(C(=O)c2ccccc2)C1. The largest absolute Gasteiger partial charge is 0.294 e. The van der Waals surface area contributed by atoms with Gasteiger partial charge < -0.3 is 0 Å². The van der Waals surface area contributed by atoms with E-state index in [1.165, 1.54) is 12.8 Å². The molecule has 0 bridgehead atoms. The molecule has 1 heteroatoms. The molecular formula is C14H18O. The van der Waals surface area contributed by atoms with Crippen molar-refractivity contribution >= 4 is 5.78 Å². The lowest BCUT2D eigenvalue weighted by molar-refractivity contribution is 0.0868. The van der Waals surface area contributed by atoms with E-state index in [4.69, 9.17) is 0 Å². The summed E-state index contributed by atoms with van der Waals surface area (Å²) in [7, 11) is 0. The van der Waals surface area contributed by atoms with E-state index in [2.05, 4.69) is 6.92 Å². The van der Waals surface area contributed by atoms with Crippen LogP contribution in [0.3, 0.4) is 0 Å². The van der Waals surface area contributed by atoms with Gasteiger partial charge in [0.1, 0.15) is 0 Å². The van der Waals surface area contributed by atoms with Crippen LogP contribution in [0.2, 0.25) is 0 Å².